The number of pyridine rings is 1. The van der Waals surface area contributed by atoms with Crippen LogP contribution in [-0.2, 0) is 36.8 Å². The summed E-state index contributed by atoms with van der Waals surface area (Å²) in [5.74, 6) is -0.480. The molecule has 4 heterocycles. The molecule has 2 N–H and O–H groups in total. The number of aryl methyl sites for hydroxylation is 1. The summed E-state index contributed by atoms with van der Waals surface area (Å²) in [4.78, 5) is 63.0. The molecule has 2 saturated heterocycles. The number of hydrogen-bond acceptors (Lipinski definition) is 9. The Balaban J connectivity index is 1.52. The summed E-state index contributed by atoms with van der Waals surface area (Å²) in [6.45, 7) is 15.7. The molecule has 2 aliphatic heterocycles. The van der Waals surface area contributed by atoms with Crippen molar-refractivity contribution in [2.75, 3.05) is 65.4 Å². The summed E-state index contributed by atoms with van der Waals surface area (Å²) in [5.41, 5.74) is 8.34. The minimum absolute atomic E-state index is 0.0157. The Hall–Kier alpha value is -4.53. The number of carbonyl (C=O) groups is 4. The van der Waals surface area contributed by atoms with E-state index in [1.54, 1.807) is 28.1 Å². The van der Waals surface area contributed by atoms with Gasteiger partial charge in [0, 0.05) is 73.6 Å². The monoisotopic (exact) mass is 760 g/mol. The fraction of sp³-hybridized carbons (Fsp3) is 0.585. The Kier molecular flexibility index (Phi) is 13.6. The van der Waals surface area contributed by atoms with Gasteiger partial charge in [-0.05, 0) is 89.0 Å². The molecule has 4 amide bonds. The van der Waals surface area contributed by atoms with Gasteiger partial charge in [0.05, 0.1) is 36.7 Å². The lowest BCUT2D eigenvalue weighted by molar-refractivity contribution is -0.141. The smallest absolute Gasteiger partial charge is 0.324 e. The molecule has 2 aliphatic rings. The number of hydrogen-bond donors (Lipinski definition) is 2. The molecule has 14 heteroatoms. The zero-order valence-electron chi connectivity index (χ0n) is 34.1. The summed E-state index contributed by atoms with van der Waals surface area (Å²) in [5, 5.41) is 5.59. The van der Waals surface area contributed by atoms with Crippen molar-refractivity contribution in [3.8, 4) is 11.3 Å². The lowest BCUT2D eigenvalue weighted by Crippen LogP contribution is -2.61. The SMILES string of the molecule is CCn1c(-c2cccnc2C(C)OC)c(CC(C)(C)COC=O)c2cc(N3CCN(CC(NC(=O)C(C(C)C)N(C)C)C(=O)N4CCCCN4)C3=O)ccc21. The first kappa shape index (κ1) is 41.6. The van der Waals surface area contributed by atoms with Crippen LogP contribution in [0.2, 0.25) is 0 Å². The van der Waals surface area contributed by atoms with Gasteiger partial charge in [0.1, 0.15) is 6.04 Å². The maximum Gasteiger partial charge on any atom is 0.324 e. The van der Waals surface area contributed by atoms with Gasteiger partial charge >= 0.3 is 6.03 Å². The second-order valence-corrected chi connectivity index (χ2v) is 16.0. The standard InChI is InChI=1S/C41H60N8O6/c1-10-47-34-16-15-29(22-31(34)32(23-41(5,6)25-55-26-50)37(47)30-14-13-17-42-35(30)28(4)54-9)48-21-20-46(40(48)53)24-33(39(52)49-19-12-11-18-43-49)44-38(51)36(27(2)3)45(7)8/h13-17,22,26-28,33,36,43H,10-12,18-21,23-25H2,1-9H3,(H,44,51). The summed E-state index contributed by atoms with van der Waals surface area (Å²) in [6.07, 6.45) is 3.92. The number of rotatable bonds is 17. The van der Waals surface area contributed by atoms with Crippen LogP contribution >= 0.6 is 0 Å². The number of likely N-dealkylation sites (N-methyl/N-ethyl adjacent to an activating group) is 1. The third-order valence-corrected chi connectivity index (χ3v) is 10.8. The number of nitrogens with one attached hydrogen (secondary N) is 2. The van der Waals surface area contributed by atoms with Gasteiger partial charge in [0.25, 0.3) is 12.4 Å². The topological polar surface area (TPSA) is 142 Å². The minimum Gasteiger partial charge on any atom is -0.467 e. The molecular weight excluding hydrogens is 701 g/mol. The molecule has 0 saturated carbocycles. The maximum absolute atomic E-state index is 14.3. The Morgan fingerprint density at radius 3 is 2.51 bits per heavy atom. The van der Waals surface area contributed by atoms with Gasteiger partial charge in [-0.15, -0.1) is 0 Å². The molecule has 5 rings (SSSR count). The zero-order valence-corrected chi connectivity index (χ0v) is 34.1. The van der Waals surface area contributed by atoms with Gasteiger partial charge in [-0.2, -0.15) is 0 Å². The highest BCUT2D eigenvalue weighted by molar-refractivity contribution is 6.00. The Labute approximate surface area is 325 Å². The fourth-order valence-electron chi connectivity index (χ4n) is 8.09. The molecule has 0 aliphatic carbocycles. The summed E-state index contributed by atoms with van der Waals surface area (Å²) in [6, 6.07) is 8.51. The van der Waals surface area contributed by atoms with E-state index in [2.05, 4.69) is 54.3 Å². The Morgan fingerprint density at radius 1 is 1.11 bits per heavy atom. The van der Waals surface area contributed by atoms with E-state index >= 15 is 0 Å². The van der Waals surface area contributed by atoms with E-state index in [-0.39, 0.29) is 43.0 Å². The summed E-state index contributed by atoms with van der Waals surface area (Å²) in [7, 11) is 5.38. The molecule has 55 heavy (non-hydrogen) atoms. The van der Waals surface area contributed by atoms with E-state index in [9.17, 15) is 19.2 Å². The van der Waals surface area contributed by atoms with Gasteiger partial charge in [-0.1, -0.05) is 27.7 Å². The van der Waals surface area contributed by atoms with Gasteiger partial charge in [0.2, 0.25) is 5.91 Å². The van der Waals surface area contributed by atoms with E-state index in [4.69, 9.17) is 14.5 Å². The highest BCUT2D eigenvalue weighted by atomic mass is 16.5. The number of carbonyl (C=O) groups excluding carboxylic acids is 4. The molecular formula is C41H60N8O6. The average Bonchev–Trinajstić information content (AvgIpc) is 3.68. The van der Waals surface area contributed by atoms with E-state index in [1.165, 1.54) is 0 Å². The zero-order chi connectivity index (χ0) is 40.0. The second-order valence-electron chi connectivity index (χ2n) is 16.0. The lowest BCUT2D eigenvalue weighted by atomic mass is 9.84. The number of methoxy groups -OCH3 is 1. The van der Waals surface area contributed by atoms with Crippen molar-refractivity contribution in [2.45, 2.75) is 85.5 Å². The number of amides is 4. The molecule has 0 spiro atoms. The van der Waals surface area contributed by atoms with Crippen molar-refractivity contribution in [3.05, 3.63) is 47.8 Å². The first-order chi connectivity index (χ1) is 26.2. The molecule has 300 valence electrons. The van der Waals surface area contributed by atoms with E-state index in [0.29, 0.717) is 45.6 Å². The quantitative estimate of drug-likeness (QED) is 0.189. The molecule has 2 fully saturated rings. The molecule has 3 aromatic rings. The molecule has 3 atom stereocenters. The molecule has 0 radical (unpaired) electrons. The first-order valence-corrected chi connectivity index (χ1v) is 19.5. The van der Waals surface area contributed by atoms with Crippen LogP contribution in [-0.4, -0.2) is 121 Å². The van der Waals surface area contributed by atoms with Crippen molar-refractivity contribution >= 4 is 40.9 Å². The van der Waals surface area contributed by atoms with Crippen LogP contribution in [0.15, 0.2) is 36.5 Å². The number of hydrazine groups is 1. The molecule has 3 unspecified atom stereocenters. The van der Waals surface area contributed by atoms with Crippen LogP contribution in [0.5, 0.6) is 0 Å². The van der Waals surface area contributed by atoms with Crippen LogP contribution in [0.25, 0.3) is 22.2 Å². The minimum atomic E-state index is -0.919. The third-order valence-electron chi connectivity index (χ3n) is 10.8. The number of aromatic nitrogens is 2. The van der Waals surface area contributed by atoms with Crippen LogP contribution in [0.1, 0.15) is 71.7 Å². The van der Waals surface area contributed by atoms with Crippen LogP contribution in [0.3, 0.4) is 0 Å². The number of benzene rings is 1. The predicted octanol–water partition coefficient (Wildman–Crippen LogP) is 4.61. The number of fused-ring (bicyclic) bond motifs is 1. The Bertz CT molecular complexity index is 1830. The van der Waals surface area contributed by atoms with Crippen molar-refractivity contribution in [3.63, 3.8) is 0 Å². The number of anilines is 1. The summed E-state index contributed by atoms with van der Waals surface area (Å²) < 4.78 is 13.3. The van der Waals surface area contributed by atoms with Gasteiger partial charge in [-0.25, -0.2) is 10.2 Å². The highest BCUT2D eigenvalue weighted by Gasteiger charge is 2.38. The normalized spacial score (nSPS) is 16.9. The lowest BCUT2D eigenvalue weighted by Gasteiger charge is -2.34. The van der Waals surface area contributed by atoms with E-state index in [1.807, 2.05) is 51.9 Å². The average molecular weight is 761 g/mol. The van der Waals surface area contributed by atoms with E-state index in [0.717, 1.165) is 51.9 Å². The van der Waals surface area contributed by atoms with Crippen molar-refractivity contribution in [1.29, 1.82) is 0 Å². The van der Waals surface area contributed by atoms with Crippen molar-refractivity contribution in [1.82, 2.24) is 35.1 Å². The molecule has 14 nitrogen and oxygen atoms in total. The Morgan fingerprint density at radius 2 is 1.87 bits per heavy atom. The third kappa shape index (κ3) is 9.13. The largest absolute Gasteiger partial charge is 0.467 e. The second kappa shape index (κ2) is 17.9. The van der Waals surface area contributed by atoms with Crippen LogP contribution in [0, 0.1) is 11.3 Å². The summed E-state index contributed by atoms with van der Waals surface area (Å²) >= 11 is 0. The maximum atomic E-state index is 14.3. The predicted molar refractivity (Wildman–Crippen MR) is 213 cm³/mol. The van der Waals surface area contributed by atoms with Crippen molar-refractivity contribution < 1.29 is 28.7 Å². The van der Waals surface area contributed by atoms with Crippen LogP contribution in [0.4, 0.5) is 10.5 Å². The van der Waals surface area contributed by atoms with Gasteiger partial charge in [0.15, 0.2) is 0 Å². The number of nitrogens with zero attached hydrogens (tertiary/aromatic N) is 6. The molecule has 2 aromatic heterocycles. The van der Waals surface area contributed by atoms with Gasteiger partial charge < -0.3 is 24.3 Å². The van der Waals surface area contributed by atoms with Crippen LogP contribution < -0.4 is 15.6 Å². The number of ether oxygens (including phenoxy) is 2. The number of urea groups is 1. The highest BCUT2D eigenvalue weighted by Crippen LogP contribution is 2.42. The van der Waals surface area contributed by atoms with Crippen molar-refractivity contribution in [2.24, 2.45) is 11.3 Å². The van der Waals surface area contributed by atoms with Gasteiger partial charge in [-0.3, -0.25) is 34.2 Å². The molecule has 1 aromatic carbocycles. The van der Waals surface area contributed by atoms with E-state index < -0.39 is 17.5 Å². The molecule has 0 bridgehead atoms. The fourth-order valence-corrected chi connectivity index (χ4v) is 8.09. The first-order valence-electron chi connectivity index (χ1n) is 19.5.